The fourth-order valence-corrected chi connectivity index (χ4v) is 3.04. The molecule has 6 heteroatoms. The molecule has 1 heterocycles. The van der Waals surface area contributed by atoms with Gasteiger partial charge in [0.2, 0.25) is 0 Å². The van der Waals surface area contributed by atoms with Crippen molar-refractivity contribution in [3.63, 3.8) is 0 Å². The Balaban J connectivity index is 2.68. The Morgan fingerprint density at radius 3 is 2.29 bits per heavy atom. The van der Waals surface area contributed by atoms with Crippen molar-refractivity contribution >= 4 is 7.60 Å². The first kappa shape index (κ1) is 14.5. The van der Waals surface area contributed by atoms with E-state index in [0.717, 1.165) is 0 Å². The van der Waals surface area contributed by atoms with Crippen LogP contribution in [0.2, 0.25) is 0 Å². The zero-order valence-electron chi connectivity index (χ0n) is 10.5. The number of rotatable bonds is 8. The Morgan fingerprint density at radius 2 is 1.76 bits per heavy atom. The van der Waals surface area contributed by atoms with Crippen LogP contribution in [0.3, 0.4) is 0 Å². The van der Waals surface area contributed by atoms with Gasteiger partial charge in [-0.15, -0.1) is 0 Å². The van der Waals surface area contributed by atoms with Gasteiger partial charge in [-0.25, -0.2) is 0 Å². The first-order chi connectivity index (χ1) is 8.13. The molecule has 0 saturated carbocycles. The molecule has 0 aliphatic carbocycles. The summed E-state index contributed by atoms with van der Waals surface area (Å²) in [6.45, 7) is 4.66. The molecular weight excluding hydrogens is 243 g/mol. The molecule has 0 spiro atoms. The fourth-order valence-electron chi connectivity index (χ4n) is 1.44. The topological polar surface area (TPSA) is 57.9 Å². The third-order valence-electron chi connectivity index (χ3n) is 2.00. The molecule has 1 aromatic heterocycles. The SMILES string of the molecule is CCOP(=O)(Cc1ccc(COC)o1)OCC. The first-order valence-electron chi connectivity index (χ1n) is 5.58. The lowest BCUT2D eigenvalue weighted by Crippen LogP contribution is -1.98. The Labute approximate surface area is 102 Å². The maximum absolute atomic E-state index is 12.2. The van der Waals surface area contributed by atoms with Crippen LogP contribution in [0.1, 0.15) is 25.4 Å². The molecule has 1 aromatic rings. The van der Waals surface area contributed by atoms with Crippen LogP contribution in [0, 0.1) is 0 Å². The van der Waals surface area contributed by atoms with Crippen LogP contribution < -0.4 is 0 Å². The normalized spacial score (nSPS) is 11.9. The van der Waals surface area contributed by atoms with E-state index in [1.807, 2.05) is 0 Å². The lowest BCUT2D eigenvalue weighted by atomic mass is 10.4. The molecule has 0 fully saturated rings. The summed E-state index contributed by atoms with van der Waals surface area (Å²) >= 11 is 0. The second-order valence-electron chi connectivity index (χ2n) is 3.41. The highest BCUT2D eigenvalue weighted by Gasteiger charge is 2.25. The molecular formula is C11H19O5P. The van der Waals surface area contributed by atoms with Gasteiger partial charge in [-0.05, 0) is 26.0 Å². The van der Waals surface area contributed by atoms with E-state index < -0.39 is 7.60 Å². The van der Waals surface area contributed by atoms with E-state index in [4.69, 9.17) is 18.2 Å². The van der Waals surface area contributed by atoms with Crippen molar-refractivity contribution < 1.29 is 22.8 Å². The number of hydrogen-bond acceptors (Lipinski definition) is 5. The predicted octanol–water partition coefficient (Wildman–Crippen LogP) is 3.19. The minimum atomic E-state index is -3.08. The van der Waals surface area contributed by atoms with Crippen molar-refractivity contribution in [2.75, 3.05) is 20.3 Å². The van der Waals surface area contributed by atoms with Gasteiger partial charge in [0.05, 0.1) is 13.2 Å². The minimum Gasteiger partial charge on any atom is -0.463 e. The molecule has 0 N–H and O–H groups in total. The minimum absolute atomic E-state index is 0.151. The molecule has 0 aliphatic heterocycles. The van der Waals surface area contributed by atoms with Gasteiger partial charge < -0.3 is 18.2 Å². The smallest absolute Gasteiger partial charge is 0.338 e. The van der Waals surface area contributed by atoms with Crippen LogP contribution >= 0.6 is 7.60 Å². The molecule has 0 aliphatic rings. The van der Waals surface area contributed by atoms with Gasteiger partial charge in [0.25, 0.3) is 0 Å². The van der Waals surface area contributed by atoms with E-state index in [1.54, 1.807) is 33.1 Å². The van der Waals surface area contributed by atoms with Crippen LogP contribution in [-0.4, -0.2) is 20.3 Å². The van der Waals surface area contributed by atoms with Gasteiger partial charge in [-0.2, -0.15) is 0 Å². The summed E-state index contributed by atoms with van der Waals surface area (Å²) in [5.41, 5.74) is 0. The van der Waals surface area contributed by atoms with Crippen molar-refractivity contribution in [2.45, 2.75) is 26.6 Å². The van der Waals surface area contributed by atoms with Crippen LogP contribution in [0.5, 0.6) is 0 Å². The summed E-state index contributed by atoms with van der Waals surface area (Å²) in [6.07, 6.45) is 0.151. The molecule has 0 unspecified atom stereocenters. The Hall–Kier alpha value is -0.610. The molecule has 17 heavy (non-hydrogen) atoms. The molecule has 1 rings (SSSR count). The zero-order valence-corrected chi connectivity index (χ0v) is 11.4. The van der Waals surface area contributed by atoms with Gasteiger partial charge >= 0.3 is 7.60 Å². The van der Waals surface area contributed by atoms with Gasteiger partial charge in [-0.1, -0.05) is 0 Å². The molecule has 0 radical (unpaired) electrons. The lowest BCUT2D eigenvalue weighted by Gasteiger charge is -2.15. The van der Waals surface area contributed by atoms with Crippen molar-refractivity contribution in [1.82, 2.24) is 0 Å². The first-order valence-corrected chi connectivity index (χ1v) is 7.31. The zero-order chi connectivity index (χ0) is 12.7. The molecule has 5 nitrogen and oxygen atoms in total. The Morgan fingerprint density at radius 1 is 1.18 bits per heavy atom. The number of ether oxygens (including phenoxy) is 1. The highest BCUT2D eigenvalue weighted by Crippen LogP contribution is 2.51. The van der Waals surface area contributed by atoms with E-state index in [-0.39, 0.29) is 6.16 Å². The van der Waals surface area contributed by atoms with Gasteiger partial charge in [0.15, 0.2) is 0 Å². The average molecular weight is 262 g/mol. The second-order valence-corrected chi connectivity index (χ2v) is 5.46. The summed E-state index contributed by atoms with van der Waals surface area (Å²) in [5, 5.41) is 0. The maximum atomic E-state index is 12.2. The predicted molar refractivity (Wildman–Crippen MR) is 64.0 cm³/mol. The van der Waals surface area contributed by atoms with E-state index >= 15 is 0 Å². The van der Waals surface area contributed by atoms with Crippen LogP contribution in [0.25, 0.3) is 0 Å². The largest absolute Gasteiger partial charge is 0.463 e. The van der Waals surface area contributed by atoms with Crippen LogP contribution in [0.4, 0.5) is 0 Å². The van der Waals surface area contributed by atoms with E-state index in [2.05, 4.69) is 0 Å². The number of hydrogen-bond donors (Lipinski definition) is 0. The van der Waals surface area contributed by atoms with E-state index in [9.17, 15) is 4.57 Å². The molecule has 0 saturated heterocycles. The highest BCUT2D eigenvalue weighted by molar-refractivity contribution is 7.53. The third kappa shape index (κ3) is 4.64. The maximum Gasteiger partial charge on any atom is 0.338 e. The van der Waals surface area contributed by atoms with Crippen molar-refractivity contribution in [3.05, 3.63) is 23.7 Å². The van der Waals surface area contributed by atoms with E-state index in [0.29, 0.717) is 31.3 Å². The lowest BCUT2D eigenvalue weighted by molar-refractivity contribution is 0.162. The Kier molecular flexibility index (Phi) is 5.92. The van der Waals surface area contributed by atoms with Crippen molar-refractivity contribution in [3.8, 4) is 0 Å². The highest BCUT2D eigenvalue weighted by atomic mass is 31.2. The molecule has 0 bridgehead atoms. The summed E-state index contributed by atoms with van der Waals surface area (Å²) in [7, 11) is -1.49. The third-order valence-corrected chi connectivity index (χ3v) is 4.01. The summed E-state index contributed by atoms with van der Waals surface area (Å²) in [6, 6.07) is 3.56. The van der Waals surface area contributed by atoms with Gasteiger partial charge in [-0.3, -0.25) is 4.57 Å². The van der Waals surface area contributed by atoms with E-state index in [1.165, 1.54) is 0 Å². The number of methoxy groups -OCH3 is 1. The average Bonchev–Trinajstić information content (AvgIpc) is 2.66. The number of furan rings is 1. The fraction of sp³-hybridized carbons (Fsp3) is 0.636. The monoisotopic (exact) mass is 262 g/mol. The summed E-state index contributed by atoms with van der Waals surface area (Å²) in [5.74, 6) is 1.28. The second kappa shape index (κ2) is 6.97. The van der Waals surface area contributed by atoms with Gasteiger partial charge in [0, 0.05) is 7.11 Å². The summed E-state index contributed by atoms with van der Waals surface area (Å²) in [4.78, 5) is 0. The van der Waals surface area contributed by atoms with Crippen LogP contribution in [-0.2, 0) is 31.1 Å². The van der Waals surface area contributed by atoms with Crippen LogP contribution in [0.15, 0.2) is 16.5 Å². The molecule has 0 amide bonds. The molecule has 98 valence electrons. The quantitative estimate of drug-likeness (QED) is 0.673. The molecule has 0 atom stereocenters. The standard InChI is InChI=1S/C11H19O5P/c1-4-14-17(12,15-5-2)9-11-7-6-10(16-11)8-13-3/h6-7H,4-5,8-9H2,1-3H3. The molecule has 0 aromatic carbocycles. The van der Waals surface area contributed by atoms with Crippen molar-refractivity contribution in [2.24, 2.45) is 0 Å². The summed E-state index contributed by atoms with van der Waals surface area (Å²) < 4.78 is 33.0. The van der Waals surface area contributed by atoms with Gasteiger partial charge in [0.1, 0.15) is 24.3 Å². The van der Waals surface area contributed by atoms with Crippen molar-refractivity contribution in [1.29, 1.82) is 0 Å². The Bertz CT molecular complexity index is 364.